The van der Waals surface area contributed by atoms with E-state index in [4.69, 9.17) is 4.74 Å². The Morgan fingerprint density at radius 3 is 2.58 bits per heavy atom. The lowest BCUT2D eigenvalue weighted by Crippen LogP contribution is -2.43. The number of hydrogen-bond donors (Lipinski definition) is 0. The maximum Gasteiger partial charge on any atom is 0.156 e. The van der Waals surface area contributed by atoms with E-state index in [2.05, 4.69) is 33.8 Å². The van der Waals surface area contributed by atoms with Gasteiger partial charge >= 0.3 is 0 Å². The molecule has 0 radical (unpaired) electrons. The van der Waals surface area contributed by atoms with Crippen molar-refractivity contribution in [1.29, 1.82) is 0 Å². The molecule has 0 bridgehead atoms. The number of hydrogen-bond acceptors (Lipinski definition) is 2. The molecule has 31 heavy (non-hydrogen) atoms. The van der Waals surface area contributed by atoms with E-state index >= 15 is 0 Å². The summed E-state index contributed by atoms with van der Waals surface area (Å²) in [6, 6.07) is 0. The molecule has 4 unspecified atom stereocenters. The largest absolute Gasteiger partial charge is 0.495 e. The molecular weight excluding hydrogens is 380 g/mol. The van der Waals surface area contributed by atoms with E-state index in [1.54, 1.807) is 5.57 Å². The van der Waals surface area contributed by atoms with Crippen molar-refractivity contribution in [3.05, 3.63) is 34.6 Å². The van der Waals surface area contributed by atoms with Gasteiger partial charge in [0.1, 0.15) is 6.10 Å². The third-order valence-corrected chi connectivity index (χ3v) is 10.5. The fourth-order valence-electron chi connectivity index (χ4n) is 8.12. The van der Waals surface area contributed by atoms with E-state index in [9.17, 15) is 4.79 Å². The highest BCUT2D eigenvalue weighted by atomic mass is 16.5. The lowest BCUT2D eigenvalue weighted by atomic mass is 9.56. The van der Waals surface area contributed by atoms with E-state index in [-0.39, 0.29) is 0 Å². The van der Waals surface area contributed by atoms with Crippen molar-refractivity contribution in [1.82, 2.24) is 0 Å². The molecule has 2 fully saturated rings. The number of ketones is 1. The van der Waals surface area contributed by atoms with E-state index < -0.39 is 0 Å². The molecule has 2 saturated carbocycles. The average molecular weight is 423 g/mol. The normalized spacial score (nSPS) is 39.3. The number of ether oxygens (including phenoxy) is 1. The molecule has 0 amide bonds. The summed E-state index contributed by atoms with van der Waals surface area (Å²) in [5, 5.41) is 0. The fraction of sp³-hybridized carbons (Fsp3) is 0.759. The monoisotopic (exact) mass is 422 g/mol. The first-order valence-electron chi connectivity index (χ1n) is 13.2. The van der Waals surface area contributed by atoms with Gasteiger partial charge in [0.2, 0.25) is 0 Å². The second-order valence-corrected chi connectivity index (χ2v) is 11.8. The molecule has 2 nitrogen and oxygen atoms in total. The van der Waals surface area contributed by atoms with E-state index in [1.807, 2.05) is 6.08 Å². The Kier molecular flexibility index (Phi) is 5.50. The Morgan fingerprint density at radius 2 is 1.87 bits per heavy atom. The van der Waals surface area contributed by atoms with Crippen LogP contribution in [0.1, 0.15) is 105 Å². The summed E-state index contributed by atoms with van der Waals surface area (Å²) in [6.45, 7) is 9.57. The third kappa shape index (κ3) is 3.57. The van der Waals surface area contributed by atoms with Crippen molar-refractivity contribution in [3.8, 4) is 0 Å². The van der Waals surface area contributed by atoms with E-state index in [0.717, 1.165) is 19.3 Å². The van der Waals surface area contributed by atoms with Gasteiger partial charge in [-0.05, 0) is 104 Å². The van der Waals surface area contributed by atoms with Gasteiger partial charge in [0.25, 0.3) is 0 Å². The number of carbonyl (C=O) groups is 1. The Labute approximate surface area is 189 Å². The summed E-state index contributed by atoms with van der Waals surface area (Å²) in [7, 11) is 0. The van der Waals surface area contributed by atoms with Gasteiger partial charge in [-0.25, -0.2) is 0 Å². The van der Waals surface area contributed by atoms with Crippen LogP contribution in [0.15, 0.2) is 34.6 Å². The van der Waals surface area contributed by atoms with Gasteiger partial charge in [-0.2, -0.15) is 0 Å². The predicted molar refractivity (Wildman–Crippen MR) is 127 cm³/mol. The summed E-state index contributed by atoms with van der Waals surface area (Å²) >= 11 is 0. The Morgan fingerprint density at radius 1 is 1.06 bits per heavy atom. The van der Waals surface area contributed by atoms with Crippen molar-refractivity contribution in [2.45, 2.75) is 111 Å². The second-order valence-electron chi connectivity index (χ2n) is 11.8. The highest BCUT2D eigenvalue weighted by molar-refractivity contribution is 5.92. The zero-order valence-corrected chi connectivity index (χ0v) is 20.3. The third-order valence-electron chi connectivity index (χ3n) is 10.5. The Balaban J connectivity index is 1.40. The Bertz CT molecular complexity index is 839. The maximum absolute atomic E-state index is 12.1. The van der Waals surface area contributed by atoms with Gasteiger partial charge in [0.15, 0.2) is 5.78 Å². The molecule has 0 spiro atoms. The highest BCUT2D eigenvalue weighted by Gasteiger charge is 2.55. The molecule has 170 valence electrons. The fourth-order valence-corrected chi connectivity index (χ4v) is 8.12. The van der Waals surface area contributed by atoms with E-state index in [0.29, 0.717) is 40.5 Å². The van der Waals surface area contributed by atoms with Crippen molar-refractivity contribution in [2.75, 3.05) is 0 Å². The van der Waals surface area contributed by atoms with Gasteiger partial charge in [-0.1, -0.05) is 39.2 Å². The smallest absolute Gasteiger partial charge is 0.156 e. The number of fused-ring (bicyclic) bond motifs is 4. The van der Waals surface area contributed by atoms with Crippen LogP contribution in [0, 0.1) is 28.6 Å². The summed E-state index contributed by atoms with van der Waals surface area (Å²) in [5.41, 5.74) is 5.46. The standard InChI is InChI=1S/C29H42O2/c1-5-29(6-2)15-9-22(10-16-29)31-26-12-14-28(4)13-11-23-19(3)24-18-21(30)8-7-20(24)17-25(23)27(26)28/h9,18,20,25-27H,5-8,10-17H2,1-4H3/t20?,25?,26?,27?,28-/m0/s1. The minimum Gasteiger partial charge on any atom is -0.495 e. The molecular formula is C29H42O2. The summed E-state index contributed by atoms with van der Waals surface area (Å²) in [6.07, 6.45) is 19.1. The summed E-state index contributed by atoms with van der Waals surface area (Å²) < 4.78 is 6.88. The van der Waals surface area contributed by atoms with Crippen LogP contribution in [0.4, 0.5) is 0 Å². The minimum absolute atomic E-state index is 0.340. The quantitative estimate of drug-likeness (QED) is 0.464. The van der Waals surface area contributed by atoms with Crippen LogP contribution in [0.2, 0.25) is 0 Å². The lowest BCUT2D eigenvalue weighted by Gasteiger charge is -2.50. The van der Waals surface area contributed by atoms with Gasteiger partial charge < -0.3 is 4.74 Å². The topological polar surface area (TPSA) is 26.3 Å². The zero-order valence-electron chi connectivity index (χ0n) is 20.3. The maximum atomic E-state index is 12.1. The second kappa shape index (κ2) is 7.92. The van der Waals surface area contributed by atoms with Gasteiger partial charge in [0, 0.05) is 18.8 Å². The van der Waals surface area contributed by atoms with Crippen molar-refractivity contribution < 1.29 is 9.53 Å². The SMILES string of the molecule is CCC1(CC)CC=C(OC2CC[C@]3(C)CCC4=C(C)C5=CC(=O)CCC5CC4C23)CC1. The Hall–Kier alpha value is -1.31. The zero-order chi connectivity index (χ0) is 21.8. The van der Waals surface area contributed by atoms with Crippen LogP contribution in [0.3, 0.4) is 0 Å². The molecule has 0 aliphatic heterocycles. The minimum atomic E-state index is 0.340. The van der Waals surface area contributed by atoms with Crippen LogP contribution >= 0.6 is 0 Å². The van der Waals surface area contributed by atoms with Crippen molar-refractivity contribution in [2.24, 2.45) is 28.6 Å². The molecule has 5 rings (SSSR count). The van der Waals surface area contributed by atoms with Crippen molar-refractivity contribution in [3.63, 3.8) is 0 Å². The van der Waals surface area contributed by atoms with Crippen LogP contribution in [-0.2, 0) is 9.53 Å². The summed E-state index contributed by atoms with van der Waals surface area (Å²) in [5.74, 6) is 3.54. The molecule has 2 heteroatoms. The molecule has 0 aromatic rings. The molecule has 5 aliphatic rings. The molecule has 0 N–H and O–H groups in total. The van der Waals surface area contributed by atoms with Crippen molar-refractivity contribution >= 4 is 5.78 Å². The molecule has 0 heterocycles. The first-order valence-corrected chi connectivity index (χ1v) is 13.2. The van der Waals surface area contributed by atoms with Crippen LogP contribution in [0.25, 0.3) is 0 Å². The van der Waals surface area contributed by atoms with Gasteiger partial charge in [-0.3, -0.25) is 4.79 Å². The molecule has 5 atom stereocenters. The van der Waals surface area contributed by atoms with E-state index in [1.165, 1.54) is 74.7 Å². The lowest BCUT2D eigenvalue weighted by molar-refractivity contribution is -0.115. The first-order chi connectivity index (χ1) is 14.9. The van der Waals surface area contributed by atoms with Gasteiger partial charge in [0.05, 0.1) is 5.76 Å². The first kappa shape index (κ1) is 21.5. The number of rotatable bonds is 4. The molecule has 5 aliphatic carbocycles. The highest BCUT2D eigenvalue weighted by Crippen LogP contribution is 2.61. The van der Waals surface area contributed by atoms with Crippen LogP contribution in [0.5, 0.6) is 0 Å². The molecule has 0 saturated heterocycles. The van der Waals surface area contributed by atoms with Crippen LogP contribution < -0.4 is 0 Å². The van der Waals surface area contributed by atoms with Gasteiger partial charge in [-0.15, -0.1) is 0 Å². The summed E-state index contributed by atoms with van der Waals surface area (Å²) in [4.78, 5) is 12.1. The number of carbonyl (C=O) groups excluding carboxylic acids is 1. The van der Waals surface area contributed by atoms with Crippen LogP contribution in [-0.4, -0.2) is 11.9 Å². The molecule has 0 aromatic carbocycles. The predicted octanol–water partition coefficient (Wildman–Crippen LogP) is 7.70. The number of allylic oxidation sites excluding steroid dienone is 6. The molecule has 0 aromatic heterocycles. The average Bonchev–Trinajstić information content (AvgIpc) is 3.12.